The van der Waals surface area contributed by atoms with Gasteiger partial charge in [0.05, 0.1) is 11.8 Å². The molecule has 1 heterocycles. The first-order valence-corrected chi connectivity index (χ1v) is 7.73. The van der Waals surface area contributed by atoms with Gasteiger partial charge < -0.3 is 10.0 Å². The van der Waals surface area contributed by atoms with E-state index in [1.807, 2.05) is 25.7 Å². The monoisotopic (exact) mass is 271 g/mol. The molecule has 0 aromatic carbocycles. The van der Waals surface area contributed by atoms with Crippen molar-refractivity contribution in [1.29, 1.82) is 0 Å². The number of aliphatic carboxylic acids is 1. The Kier molecular flexibility index (Phi) is 4.20. The molecule has 4 atom stereocenters. The first-order chi connectivity index (χ1) is 8.50. The zero-order valence-electron chi connectivity index (χ0n) is 11.0. The summed E-state index contributed by atoms with van der Waals surface area (Å²) in [6, 6.07) is 0.299. The van der Waals surface area contributed by atoms with Gasteiger partial charge in [0, 0.05) is 18.8 Å². The van der Waals surface area contributed by atoms with Crippen LogP contribution in [-0.4, -0.2) is 46.5 Å². The summed E-state index contributed by atoms with van der Waals surface area (Å²) in [6.45, 7) is 2.04. The molecule has 2 aliphatic rings. The van der Waals surface area contributed by atoms with Crippen LogP contribution in [-0.2, 0) is 9.59 Å². The predicted molar refractivity (Wildman–Crippen MR) is 71.5 cm³/mol. The standard InChI is InChI=1S/C13H21NO3S/c1-8-5-10(11(6-8)13(16)17)12(15)14(2)9-3-4-18-7-9/h8-11H,3-7H2,1-2H3,(H,16,17). The Morgan fingerprint density at radius 2 is 1.94 bits per heavy atom. The fraction of sp³-hybridized carbons (Fsp3) is 0.846. The van der Waals surface area contributed by atoms with Crippen LogP contribution in [0, 0.1) is 17.8 Å². The molecule has 102 valence electrons. The summed E-state index contributed by atoms with van der Waals surface area (Å²) in [4.78, 5) is 25.5. The normalized spacial score (nSPS) is 35.7. The molecule has 5 heteroatoms. The zero-order valence-corrected chi connectivity index (χ0v) is 11.8. The number of thioether (sulfide) groups is 1. The van der Waals surface area contributed by atoms with Crippen molar-refractivity contribution in [2.75, 3.05) is 18.6 Å². The molecule has 0 radical (unpaired) electrons. The first-order valence-electron chi connectivity index (χ1n) is 6.58. The maximum atomic E-state index is 12.4. The third kappa shape index (κ3) is 2.66. The van der Waals surface area contributed by atoms with E-state index in [1.54, 1.807) is 4.90 Å². The third-order valence-electron chi connectivity index (χ3n) is 4.23. The van der Waals surface area contributed by atoms with Crippen LogP contribution in [0.2, 0.25) is 0 Å². The van der Waals surface area contributed by atoms with Crippen molar-refractivity contribution in [3.8, 4) is 0 Å². The minimum atomic E-state index is -0.813. The van der Waals surface area contributed by atoms with Crippen molar-refractivity contribution >= 4 is 23.6 Å². The summed E-state index contributed by atoms with van der Waals surface area (Å²) in [5.41, 5.74) is 0. The van der Waals surface area contributed by atoms with E-state index in [9.17, 15) is 14.7 Å². The number of carbonyl (C=O) groups is 2. The van der Waals surface area contributed by atoms with E-state index in [2.05, 4.69) is 0 Å². The van der Waals surface area contributed by atoms with E-state index in [0.29, 0.717) is 18.4 Å². The number of hydrogen-bond acceptors (Lipinski definition) is 3. The maximum absolute atomic E-state index is 12.4. The average Bonchev–Trinajstić information content (AvgIpc) is 2.95. The zero-order chi connectivity index (χ0) is 13.3. The second kappa shape index (κ2) is 5.51. The van der Waals surface area contributed by atoms with Gasteiger partial charge in [-0.1, -0.05) is 6.92 Å². The van der Waals surface area contributed by atoms with Gasteiger partial charge >= 0.3 is 5.97 Å². The van der Waals surface area contributed by atoms with Gasteiger partial charge in [-0.15, -0.1) is 0 Å². The number of rotatable bonds is 3. The minimum Gasteiger partial charge on any atom is -0.481 e. The average molecular weight is 271 g/mol. The van der Waals surface area contributed by atoms with Gasteiger partial charge in [0.15, 0.2) is 0 Å². The molecule has 0 aromatic rings. The Labute approximate surface area is 112 Å². The number of carboxylic acid groups (broad SMARTS) is 1. The van der Waals surface area contributed by atoms with E-state index in [1.165, 1.54) is 0 Å². The molecule has 1 aliphatic heterocycles. The van der Waals surface area contributed by atoms with Gasteiger partial charge in [-0.25, -0.2) is 0 Å². The number of nitrogens with zero attached hydrogens (tertiary/aromatic N) is 1. The van der Waals surface area contributed by atoms with Gasteiger partial charge in [-0.05, 0) is 30.9 Å². The van der Waals surface area contributed by atoms with Crippen molar-refractivity contribution in [3.05, 3.63) is 0 Å². The molecule has 0 spiro atoms. The highest BCUT2D eigenvalue weighted by atomic mass is 32.2. The Bertz CT molecular complexity index is 341. The van der Waals surface area contributed by atoms with Crippen LogP contribution < -0.4 is 0 Å². The van der Waals surface area contributed by atoms with Crippen LogP contribution in [0.5, 0.6) is 0 Å². The fourth-order valence-electron chi connectivity index (χ4n) is 3.11. The fourth-order valence-corrected chi connectivity index (χ4v) is 4.37. The van der Waals surface area contributed by atoms with Crippen molar-refractivity contribution in [1.82, 2.24) is 4.90 Å². The molecule has 2 rings (SSSR count). The number of hydrogen-bond donors (Lipinski definition) is 1. The summed E-state index contributed by atoms with van der Waals surface area (Å²) < 4.78 is 0. The summed E-state index contributed by atoms with van der Waals surface area (Å²) in [7, 11) is 1.83. The van der Waals surface area contributed by atoms with Crippen LogP contribution in [0.25, 0.3) is 0 Å². The van der Waals surface area contributed by atoms with Crippen LogP contribution in [0.4, 0.5) is 0 Å². The molecule has 0 bridgehead atoms. The first kappa shape index (κ1) is 13.7. The predicted octanol–water partition coefficient (Wildman–Crippen LogP) is 1.70. The number of amides is 1. The van der Waals surface area contributed by atoms with Gasteiger partial charge in [0.2, 0.25) is 5.91 Å². The van der Waals surface area contributed by atoms with E-state index < -0.39 is 11.9 Å². The lowest BCUT2D eigenvalue weighted by molar-refractivity contribution is -0.149. The Balaban J connectivity index is 2.04. The highest BCUT2D eigenvalue weighted by Gasteiger charge is 2.43. The SMILES string of the molecule is CC1CC(C(=O)O)C(C(=O)N(C)C2CCSC2)C1. The highest BCUT2D eigenvalue weighted by molar-refractivity contribution is 7.99. The smallest absolute Gasteiger partial charge is 0.307 e. The highest BCUT2D eigenvalue weighted by Crippen LogP contribution is 2.38. The Morgan fingerprint density at radius 3 is 2.50 bits per heavy atom. The molecule has 1 N–H and O–H groups in total. The maximum Gasteiger partial charge on any atom is 0.307 e. The number of carbonyl (C=O) groups excluding carboxylic acids is 1. The lowest BCUT2D eigenvalue weighted by Crippen LogP contribution is -2.42. The molecule has 1 amide bonds. The molecule has 1 saturated carbocycles. The van der Waals surface area contributed by atoms with Gasteiger partial charge in [-0.3, -0.25) is 9.59 Å². The van der Waals surface area contributed by atoms with Crippen LogP contribution in [0.1, 0.15) is 26.2 Å². The van der Waals surface area contributed by atoms with E-state index in [-0.39, 0.29) is 11.8 Å². The molecular weight excluding hydrogens is 250 g/mol. The molecule has 1 aliphatic carbocycles. The van der Waals surface area contributed by atoms with Crippen LogP contribution in [0.15, 0.2) is 0 Å². The lowest BCUT2D eigenvalue weighted by Gasteiger charge is -2.28. The minimum absolute atomic E-state index is 0.0410. The van der Waals surface area contributed by atoms with Crippen molar-refractivity contribution in [2.24, 2.45) is 17.8 Å². The molecule has 18 heavy (non-hydrogen) atoms. The lowest BCUT2D eigenvalue weighted by atomic mass is 9.94. The summed E-state index contributed by atoms with van der Waals surface area (Å²) in [5, 5.41) is 9.22. The molecule has 4 nitrogen and oxygen atoms in total. The van der Waals surface area contributed by atoms with Crippen molar-refractivity contribution in [2.45, 2.75) is 32.2 Å². The molecule has 0 aromatic heterocycles. The van der Waals surface area contributed by atoms with Crippen LogP contribution >= 0.6 is 11.8 Å². The summed E-state index contributed by atoms with van der Waals surface area (Å²) >= 11 is 1.87. The summed E-state index contributed by atoms with van der Waals surface area (Å²) in [6.07, 6.45) is 2.39. The Morgan fingerprint density at radius 1 is 1.28 bits per heavy atom. The largest absolute Gasteiger partial charge is 0.481 e. The molecule has 4 unspecified atom stereocenters. The van der Waals surface area contributed by atoms with E-state index >= 15 is 0 Å². The van der Waals surface area contributed by atoms with Crippen molar-refractivity contribution < 1.29 is 14.7 Å². The van der Waals surface area contributed by atoms with E-state index in [0.717, 1.165) is 24.3 Å². The summed E-state index contributed by atoms with van der Waals surface area (Å²) in [5.74, 6) is 0.864. The van der Waals surface area contributed by atoms with Gasteiger partial charge in [0.25, 0.3) is 0 Å². The second-order valence-electron chi connectivity index (χ2n) is 5.59. The molecule has 2 fully saturated rings. The second-order valence-corrected chi connectivity index (χ2v) is 6.74. The molecular formula is C13H21NO3S. The molecule has 1 saturated heterocycles. The van der Waals surface area contributed by atoms with Gasteiger partial charge in [0.1, 0.15) is 0 Å². The Hall–Kier alpha value is -0.710. The number of carboxylic acids is 1. The van der Waals surface area contributed by atoms with Crippen molar-refractivity contribution in [3.63, 3.8) is 0 Å². The van der Waals surface area contributed by atoms with Gasteiger partial charge in [-0.2, -0.15) is 11.8 Å². The van der Waals surface area contributed by atoms with Crippen LogP contribution in [0.3, 0.4) is 0 Å². The third-order valence-corrected chi connectivity index (χ3v) is 5.38. The quantitative estimate of drug-likeness (QED) is 0.849. The van der Waals surface area contributed by atoms with E-state index in [4.69, 9.17) is 0 Å². The topological polar surface area (TPSA) is 57.6 Å².